The van der Waals surface area contributed by atoms with Gasteiger partial charge < -0.3 is 10.3 Å². The summed E-state index contributed by atoms with van der Waals surface area (Å²) >= 11 is 6.02. The minimum absolute atomic E-state index is 0.00320. The molecule has 0 spiro atoms. The number of hydrogen-bond acceptors (Lipinski definition) is 7. The number of pyridine rings is 1. The van der Waals surface area contributed by atoms with Gasteiger partial charge in [0.1, 0.15) is 12.4 Å². The fourth-order valence-corrected chi connectivity index (χ4v) is 3.02. The first-order valence-corrected chi connectivity index (χ1v) is 9.74. The van der Waals surface area contributed by atoms with Gasteiger partial charge in [0.15, 0.2) is 6.20 Å². The first kappa shape index (κ1) is 20.2. The number of H-pyrrole nitrogens is 2. The second-order valence-corrected chi connectivity index (χ2v) is 6.91. The number of nitro groups is 1. The topological polar surface area (TPSA) is 136 Å². The maximum Gasteiger partial charge on any atom is 0.308 e. The van der Waals surface area contributed by atoms with Crippen molar-refractivity contribution in [3.8, 4) is 22.6 Å². The van der Waals surface area contributed by atoms with Gasteiger partial charge in [0.25, 0.3) is 5.82 Å². The largest absolute Gasteiger partial charge is 0.350 e. The Morgan fingerprint density at radius 2 is 1.90 bits per heavy atom. The summed E-state index contributed by atoms with van der Waals surface area (Å²) in [6.45, 7) is 1.08. The maximum atomic E-state index is 10.7. The van der Waals surface area contributed by atoms with Crippen LogP contribution in [0.3, 0.4) is 0 Å². The first-order valence-electron chi connectivity index (χ1n) is 9.37. The Bertz CT molecular complexity index is 1170. The first-order chi connectivity index (χ1) is 15.1. The lowest BCUT2D eigenvalue weighted by Gasteiger charge is -2.10. The van der Waals surface area contributed by atoms with Crippen LogP contribution in [-0.2, 0) is 0 Å². The maximum absolute atomic E-state index is 10.7. The van der Waals surface area contributed by atoms with Crippen molar-refractivity contribution in [3.05, 3.63) is 76.3 Å². The normalized spacial score (nSPS) is 10.6. The van der Waals surface area contributed by atoms with Gasteiger partial charge in [-0.25, -0.2) is 19.9 Å². The van der Waals surface area contributed by atoms with E-state index in [0.29, 0.717) is 35.7 Å². The van der Waals surface area contributed by atoms with Gasteiger partial charge in [0.05, 0.1) is 22.7 Å². The predicted octanol–water partition coefficient (Wildman–Crippen LogP) is 3.43. The Morgan fingerprint density at radius 1 is 1.10 bits per heavy atom. The fourth-order valence-electron chi connectivity index (χ4n) is 2.89. The van der Waals surface area contributed by atoms with Gasteiger partial charge in [-0.1, -0.05) is 23.7 Å². The summed E-state index contributed by atoms with van der Waals surface area (Å²) in [6.07, 6.45) is 6.47. The van der Waals surface area contributed by atoms with Crippen molar-refractivity contribution in [2.45, 2.75) is 0 Å². The third kappa shape index (κ3) is 4.93. The molecule has 156 valence electrons. The zero-order valence-corrected chi connectivity index (χ0v) is 16.9. The summed E-state index contributed by atoms with van der Waals surface area (Å²) in [5.41, 5.74) is 2.39. The van der Waals surface area contributed by atoms with E-state index >= 15 is 0 Å². The summed E-state index contributed by atoms with van der Waals surface area (Å²) in [6, 6.07) is 10.5. The second-order valence-electron chi connectivity index (χ2n) is 6.47. The molecule has 0 fully saturated rings. The highest BCUT2D eigenvalue weighted by atomic mass is 35.5. The third-order valence-electron chi connectivity index (χ3n) is 4.39. The number of anilines is 2. The third-order valence-corrected chi connectivity index (χ3v) is 4.64. The molecule has 0 saturated carbocycles. The lowest BCUT2D eigenvalue weighted by molar-refractivity contribution is -0.413. The smallest absolute Gasteiger partial charge is 0.308 e. The van der Waals surface area contributed by atoms with E-state index in [9.17, 15) is 10.1 Å². The van der Waals surface area contributed by atoms with E-state index < -0.39 is 4.92 Å². The standard InChI is InChI=1S/C20H17ClN8O2/c21-14-3-1-13(2-4-14)18-16(19-23-8-9-24-19)12-27-20(28-18)25-10-7-22-17-6-5-15(11-26-17)29(30)31/h1-6,8-9,11-12H,7,10H2,(H,22,26)(H,23,24)(H,25,27,28)/p+1. The molecule has 0 aliphatic rings. The van der Waals surface area contributed by atoms with Gasteiger partial charge in [0, 0.05) is 41.3 Å². The zero-order valence-electron chi connectivity index (χ0n) is 16.2. The summed E-state index contributed by atoms with van der Waals surface area (Å²) in [5, 5.41) is 17.7. The summed E-state index contributed by atoms with van der Waals surface area (Å²) in [7, 11) is 0. The number of halogens is 1. The molecule has 10 nitrogen and oxygen atoms in total. The van der Waals surface area contributed by atoms with E-state index in [-0.39, 0.29) is 5.69 Å². The minimum Gasteiger partial charge on any atom is -0.350 e. The van der Waals surface area contributed by atoms with Crippen LogP contribution in [-0.4, -0.2) is 37.9 Å². The van der Waals surface area contributed by atoms with Crippen molar-refractivity contribution >= 4 is 29.1 Å². The number of nitrogens with zero attached hydrogens (tertiary/aromatic N) is 4. The van der Waals surface area contributed by atoms with Gasteiger partial charge in [-0.05, 0) is 12.1 Å². The predicted molar refractivity (Wildman–Crippen MR) is 117 cm³/mol. The molecular weight excluding hydrogens is 420 g/mol. The van der Waals surface area contributed by atoms with Crippen LogP contribution < -0.4 is 15.6 Å². The SMILES string of the molecule is O=[N+]([O-])c1ccc(NCCNc2ncc(-c3ncc[nH]3)c(-c3ccc(Cl)cc3)n2)[nH+]c1. The Hall–Kier alpha value is -4.05. The van der Waals surface area contributed by atoms with E-state index in [1.165, 1.54) is 12.3 Å². The summed E-state index contributed by atoms with van der Waals surface area (Å²) < 4.78 is 0. The van der Waals surface area contributed by atoms with E-state index in [2.05, 4.69) is 35.6 Å². The Labute approximate surface area is 181 Å². The fraction of sp³-hybridized carbons (Fsp3) is 0.100. The van der Waals surface area contributed by atoms with Gasteiger partial charge in [0.2, 0.25) is 5.95 Å². The minimum atomic E-state index is -0.455. The van der Waals surface area contributed by atoms with Gasteiger partial charge >= 0.3 is 5.69 Å². The van der Waals surface area contributed by atoms with Crippen molar-refractivity contribution in [1.29, 1.82) is 0 Å². The quantitative estimate of drug-likeness (QED) is 0.218. The summed E-state index contributed by atoms with van der Waals surface area (Å²) in [5.74, 6) is 1.81. The average molecular weight is 438 g/mol. The molecule has 0 amide bonds. The Kier molecular flexibility index (Phi) is 5.99. The molecule has 3 heterocycles. The molecule has 0 unspecified atom stereocenters. The molecule has 31 heavy (non-hydrogen) atoms. The van der Waals surface area contributed by atoms with Crippen LogP contribution >= 0.6 is 11.6 Å². The number of rotatable bonds is 8. The zero-order chi connectivity index (χ0) is 21.6. The number of aromatic amines is 2. The van der Waals surface area contributed by atoms with E-state index in [1.54, 1.807) is 24.7 Å². The molecule has 4 N–H and O–H groups in total. The number of aromatic nitrogens is 5. The molecule has 0 aliphatic carbocycles. The molecule has 4 rings (SSSR count). The number of nitrogens with one attached hydrogen (secondary N) is 4. The number of hydrogen-bond donors (Lipinski definition) is 3. The van der Waals surface area contributed by atoms with E-state index in [1.807, 2.05) is 24.3 Å². The average Bonchev–Trinajstić information content (AvgIpc) is 3.32. The molecule has 1 aromatic carbocycles. The van der Waals surface area contributed by atoms with E-state index in [0.717, 1.165) is 16.8 Å². The molecule has 0 atom stereocenters. The molecule has 0 aliphatic heterocycles. The highest BCUT2D eigenvalue weighted by Gasteiger charge is 2.14. The van der Waals surface area contributed by atoms with Crippen LogP contribution in [0.4, 0.5) is 17.5 Å². The van der Waals surface area contributed by atoms with Gasteiger partial charge in [-0.3, -0.25) is 15.4 Å². The van der Waals surface area contributed by atoms with Gasteiger partial charge in [-0.15, -0.1) is 0 Å². The molecule has 11 heteroatoms. The van der Waals surface area contributed by atoms with Crippen LogP contribution in [0.15, 0.2) is 61.2 Å². The number of imidazole rings is 1. The van der Waals surface area contributed by atoms with Crippen LogP contribution in [0.2, 0.25) is 5.02 Å². The monoisotopic (exact) mass is 437 g/mol. The Morgan fingerprint density at radius 3 is 2.58 bits per heavy atom. The van der Waals surface area contributed by atoms with Gasteiger partial charge in [-0.2, -0.15) is 0 Å². The lowest BCUT2D eigenvalue weighted by atomic mass is 10.1. The van der Waals surface area contributed by atoms with Crippen LogP contribution in [0.25, 0.3) is 22.6 Å². The van der Waals surface area contributed by atoms with Crippen molar-refractivity contribution in [3.63, 3.8) is 0 Å². The molecule has 0 saturated heterocycles. The van der Waals surface area contributed by atoms with Crippen molar-refractivity contribution in [1.82, 2.24) is 19.9 Å². The highest BCUT2D eigenvalue weighted by Crippen LogP contribution is 2.29. The van der Waals surface area contributed by atoms with Crippen LogP contribution in [0.5, 0.6) is 0 Å². The van der Waals surface area contributed by atoms with E-state index in [4.69, 9.17) is 11.6 Å². The van der Waals surface area contributed by atoms with Crippen LogP contribution in [0, 0.1) is 10.1 Å². The molecule has 0 bridgehead atoms. The second kappa shape index (κ2) is 9.18. The summed E-state index contributed by atoms with van der Waals surface area (Å²) in [4.78, 5) is 29.5. The Balaban J connectivity index is 1.45. The lowest BCUT2D eigenvalue weighted by Crippen LogP contribution is -2.20. The van der Waals surface area contributed by atoms with Crippen molar-refractivity contribution in [2.24, 2.45) is 0 Å². The highest BCUT2D eigenvalue weighted by molar-refractivity contribution is 6.30. The van der Waals surface area contributed by atoms with Crippen molar-refractivity contribution in [2.75, 3.05) is 23.7 Å². The van der Waals surface area contributed by atoms with Crippen LogP contribution in [0.1, 0.15) is 0 Å². The molecule has 4 aromatic rings. The molecular formula is C20H18ClN8O2+. The molecule has 3 aromatic heterocycles. The molecule has 0 radical (unpaired) electrons. The number of benzene rings is 1. The van der Waals surface area contributed by atoms with Crippen molar-refractivity contribution < 1.29 is 9.91 Å².